The molecule has 118 valence electrons. The van der Waals surface area contributed by atoms with E-state index in [1.165, 1.54) is 30.3 Å². The lowest BCUT2D eigenvalue weighted by Gasteiger charge is -2.07. The fourth-order valence-electron chi connectivity index (χ4n) is 1.97. The Bertz CT molecular complexity index is 775. The molecule has 0 radical (unpaired) electrons. The Morgan fingerprint density at radius 2 is 1.86 bits per heavy atom. The fourth-order valence-corrected chi connectivity index (χ4v) is 2.94. The number of carbonyl (C=O) groups excluding carboxylic acids is 1. The summed E-state index contributed by atoms with van der Waals surface area (Å²) in [4.78, 5) is 12.1. The standard InChI is InChI=1S/C15H17NO5S/c1-4-20-12-5-7-13(8-6-12)22(18,19)16-15(17)14-9-10(2)21-11(14)3/h5-9H,4H2,1-3H3,(H,16,17). The molecule has 2 aromatic rings. The number of carbonyl (C=O) groups is 1. The number of nitrogens with one attached hydrogen (secondary N) is 1. The molecule has 1 amide bonds. The molecule has 0 bridgehead atoms. The van der Waals surface area contributed by atoms with Crippen molar-refractivity contribution in [2.24, 2.45) is 0 Å². The average Bonchev–Trinajstić information content (AvgIpc) is 2.78. The highest BCUT2D eigenvalue weighted by atomic mass is 32.2. The van der Waals surface area contributed by atoms with E-state index in [9.17, 15) is 13.2 Å². The lowest BCUT2D eigenvalue weighted by atomic mass is 10.2. The quantitative estimate of drug-likeness (QED) is 0.913. The zero-order valence-electron chi connectivity index (χ0n) is 12.5. The van der Waals surface area contributed by atoms with Gasteiger partial charge in [-0.25, -0.2) is 13.1 Å². The highest BCUT2D eigenvalue weighted by Crippen LogP contribution is 2.18. The van der Waals surface area contributed by atoms with Crippen LogP contribution in [-0.2, 0) is 10.0 Å². The summed E-state index contributed by atoms with van der Waals surface area (Å²) in [5.41, 5.74) is 0.201. The van der Waals surface area contributed by atoms with Crippen LogP contribution in [0.25, 0.3) is 0 Å². The van der Waals surface area contributed by atoms with Gasteiger partial charge in [-0.3, -0.25) is 4.79 Å². The SMILES string of the molecule is CCOc1ccc(S(=O)(=O)NC(=O)c2cc(C)oc2C)cc1. The van der Waals surface area contributed by atoms with E-state index in [-0.39, 0.29) is 10.5 Å². The van der Waals surface area contributed by atoms with Crippen molar-refractivity contribution < 1.29 is 22.4 Å². The monoisotopic (exact) mass is 323 g/mol. The van der Waals surface area contributed by atoms with Crippen LogP contribution in [0, 0.1) is 13.8 Å². The Hall–Kier alpha value is -2.28. The second kappa shape index (κ2) is 6.23. The highest BCUT2D eigenvalue weighted by molar-refractivity contribution is 7.90. The molecule has 0 aliphatic rings. The zero-order chi connectivity index (χ0) is 16.3. The van der Waals surface area contributed by atoms with Crippen molar-refractivity contribution in [1.29, 1.82) is 0 Å². The highest BCUT2D eigenvalue weighted by Gasteiger charge is 2.21. The summed E-state index contributed by atoms with van der Waals surface area (Å²) in [6.07, 6.45) is 0. The largest absolute Gasteiger partial charge is 0.494 e. The van der Waals surface area contributed by atoms with Gasteiger partial charge in [-0.2, -0.15) is 0 Å². The van der Waals surface area contributed by atoms with Gasteiger partial charge in [-0.05, 0) is 51.1 Å². The second-order valence-corrected chi connectivity index (χ2v) is 6.35. The number of furan rings is 1. The third-order valence-electron chi connectivity index (χ3n) is 2.96. The van der Waals surface area contributed by atoms with Gasteiger partial charge in [0.15, 0.2) is 0 Å². The average molecular weight is 323 g/mol. The molecule has 2 rings (SSSR count). The van der Waals surface area contributed by atoms with Crippen LogP contribution < -0.4 is 9.46 Å². The summed E-state index contributed by atoms with van der Waals surface area (Å²) in [6, 6.07) is 7.34. The van der Waals surface area contributed by atoms with E-state index in [1.54, 1.807) is 13.8 Å². The van der Waals surface area contributed by atoms with Crippen LogP contribution >= 0.6 is 0 Å². The van der Waals surface area contributed by atoms with Crippen molar-refractivity contribution in [2.75, 3.05) is 6.61 Å². The van der Waals surface area contributed by atoms with Crippen molar-refractivity contribution in [3.8, 4) is 5.75 Å². The van der Waals surface area contributed by atoms with E-state index >= 15 is 0 Å². The Morgan fingerprint density at radius 3 is 2.36 bits per heavy atom. The van der Waals surface area contributed by atoms with E-state index in [2.05, 4.69) is 0 Å². The molecule has 0 saturated heterocycles. The molecule has 6 nitrogen and oxygen atoms in total. The summed E-state index contributed by atoms with van der Waals surface area (Å²) in [5, 5.41) is 0. The molecule has 0 aliphatic carbocycles. The van der Waals surface area contributed by atoms with Crippen LogP contribution in [0.1, 0.15) is 28.8 Å². The lowest BCUT2D eigenvalue weighted by Crippen LogP contribution is -2.30. The van der Waals surface area contributed by atoms with Crippen LogP contribution in [-0.4, -0.2) is 20.9 Å². The van der Waals surface area contributed by atoms with Gasteiger partial charge in [0.05, 0.1) is 17.1 Å². The minimum absolute atomic E-state index is 0.0119. The van der Waals surface area contributed by atoms with Crippen LogP contribution in [0.15, 0.2) is 39.6 Å². The molecule has 1 heterocycles. The van der Waals surface area contributed by atoms with Gasteiger partial charge in [0, 0.05) is 0 Å². The van der Waals surface area contributed by atoms with Gasteiger partial charge in [0.2, 0.25) is 0 Å². The first-order chi connectivity index (χ1) is 10.3. The van der Waals surface area contributed by atoms with Crippen molar-refractivity contribution in [3.05, 3.63) is 47.4 Å². The predicted octanol–water partition coefficient (Wildman–Crippen LogP) is 2.41. The number of benzene rings is 1. The van der Waals surface area contributed by atoms with Crippen LogP contribution in [0.5, 0.6) is 5.75 Å². The first-order valence-electron chi connectivity index (χ1n) is 6.70. The maximum absolute atomic E-state index is 12.2. The van der Waals surface area contributed by atoms with Gasteiger partial charge in [0.1, 0.15) is 17.3 Å². The van der Waals surface area contributed by atoms with E-state index < -0.39 is 15.9 Å². The fraction of sp³-hybridized carbons (Fsp3) is 0.267. The van der Waals surface area contributed by atoms with Crippen molar-refractivity contribution >= 4 is 15.9 Å². The van der Waals surface area contributed by atoms with Gasteiger partial charge >= 0.3 is 0 Å². The molecule has 0 atom stereocenters. The molecule has 0 unspecified atom stereocenters. The zero-order valence-corrected chi connectivity index (χ0v) is 13.4. The maximum atomic E-state index is 12.2. The Labute approximate surface area is 129 Å². The summed E-state index contributed by atoms with van der Waals surface area (Å²) >= 11 is 0. The van der Waals surface area contributed by atoms with Gasteiger partial charge in [-0.1, -0.05) is 0 Å². The summed E-state index contributed by atoms with van der Waals surface area (Å²) in [5.74, 6) is 0.760. The topological polar surface area (TPSA) is 85.6 Å². The van der Waals surface area contributed by atoms with E-state index in [0.29, 0.717) is 23.9 Å². The molecule has 0 saturated carbocycles. The van der Waals surface area contributed by atoms with Crippen LogP contribution in [0.2, 0.25) is 0 Å². The minimum Gasteiger partial charge on any atom is -0.494 e. The number of rotatable bonds is 5. The van der Waals surface area contributed by atoms with Crippen LogP contribution in [0.3, 0.4) is 0 Å². The van der Waals surface area contributed by atoms with Gasteiger partial charge < -0.3 is 9.15 Å². The van der Waals surface area contributed by atoms with Gasteiger partial charge in [0.25, 0.3) is 15.9 Å². The predicted molar refractivity (Wildman–Crippen MR) is 80.4 cm³/mol. The normalized spacial score (nSPS) is 11.2. The van der Waals surface area contributed by atoms with Crippen LogP contribution in [0.4, 0.5) is 0 Å². The summed E-state index contributed by atoms with van der Waals surface area (Å²) in [7, 11) is -3.94. The number of aryl methyl sites for hydroxylation is 2. The molecule has 0 aliphatic heterocycles. The molecule has 0 fully saturated rings. The number of amides is 1. The molecule has 7 heteroatoms. The molecule has 22 heavy (non-hydrogen) atoms. The van der Waals surface area contributed by atoms with Crippen molar-refractivity contribution in [1.82, 2.24) is 4.72 Å². The van der Waals surface area contributed by atoms with Crippen molar-refractivity contribution in [3.63, 3.8) is 0 Å². The minimum atomic E-state index is -3.94. The maximum Gasteiger partial charge on any atom is 0.268 e. The lowest BCUT2D eigenvalue weighted by molar-refractivity contribution is 0.0980. The Morgan fingerprint density at radius 1 is 1.23 bits per heavy atom. The second-order valence-electron chi connectivity index (χ2n) is 4.67. The third-order valence-corrected chi connectivity index (χ3v) is 4.30. The summed E-state index contributed by atoms with van der Waals surface area (Å²) < 4.78 is 36.9. The molecule has 0 spiro atoms. The molecule has 1 aromatic carbocycles. The third kappa shape index (κ3) is 3.48. The Balaban J connectivity index is 2.20. The first kappa shape index (κ1) is 16.1. The smallest absolute Gasteiger partial charge is 0.268 e. The number of sulfonamides is 1. The molecule has 1 aromatic heterocycles. The molecule has 1 N–H and O–H groups in total. The molecular formula is C15H17NO5S. The first-order valence-corrected chi connectivity index (χ1v) is 8.19. The van der Waals surface area contributed by atoms with E-state index in [4.69, 9.17) is 9.15 Å². The number of hydrogen-bond acceptors (Lipinski definition) is 5. The Kier molecular flexibility index (Phi) is 4.56. The van der Waals surface area contributed by atoms with E-state index in [0.717, 1.165) is 0 Å². The number of hydrogen-bond donors (Lipinski definition) is 1. The molecular weight excluding hydrogens is 306 g/mol. The van der Waals surface area contributed by atoms with Crippen molar-refractivity contribution in [2.45, 2.75) is 25.7 Å². The van der Waals surface area contributed by atoms with Gasteiger partial charge in [-0.15, -0.1) is 0 Å². The number of ether oxygens (including phenoxy) is 1. The summed E-state index contributed by atoms with van der Waals surface area (Å²) in [6.45, 7) is 5.61. The van der Waals surface area contributed by atoms with E-state index in [1.807, 2.05) is 11.6 Å².